The fraction of sp³-hybridized carbons (Fsp3) is 0.222. The van der Waals surface area contributed by atoms with Crippen molar-refractivity contribution in [1.82, 2.24) is 14.7 Å². The first-order valence-corrected chi connectivity index (χ1v) is 10.6. The number of sulfonamides is 1. The third-order valence-electron chi connectivity index (χ3n) is 3.97. The fourth-order valence-corrected chi connectivity index (χ4v) is 5.09. The van der Waals surface area contributed by atoms with Gasteiger partial charge in [0.05, 0.1) is 10.6 Å². The summed E-state index contributed by atoms with van der Waals surface area (Å²) >= 11 is 7.52. The summed E-state index contributed by atoms with van der Waals surface area (Å²) in [5.74, 6) is 0. The molecule has 136 valence electrons. The molecule has 0 saturated carbocycles. The Kier molecular flexibility index (Phi) is 5.43. The zero-order chi connectivity index (χ0) is 18.9. The van der Waals surface area contributed by atoms with Crippen LogP contribution in [0.15, 0.2) is 41.6 Å². The quantitative estimate of drug-likeness (QED) is 0.685. The molecule has 0 aliphatic rings. The van der Waals surface area contributed by atoms with Gasteiger partial charge in [0.25, 0.3) is 0 Å². The maximum atomic E-state index is 12.7. The van der Waals surface area contributed by atoms with E-state index in [1.165, 1.54) is 11.3 Å². The van der Waals surface area contributed by atoms with E-state index in [2.05, 4.69) is 14.7 Å². The third kappa shape index (κ3) is 3.96. The summed E-state index contributed by atoms with van der Waals surface area (Å²) in [6.07, 6.45) is 3.45. The number of rotatable bonds is 5. The molecular weight excluding hydrogens is 390 g/mol. The molecule has 0 saturated heterocycles. The lowest BCUT2D eigenvalue weighted by atomic mass is 10.2. The normalized spacial score (nSPS) is 11.7. The third-order valence-corrected chi connectivity index (χ3v) is 7.13. The number of hydrogen-bond acceptors (Lipinski definition) is 5. The molecule has 0 atom stereocenters. The minimum atomic E-state index is -3.64. The van der Waals surface area contributed by atoms with Crippen LogP contribution >= 0.6 is 22.9 Å². The van der Waals surface area contributed by atoms with E-state index in [0.29, 0.717) is 10.6 Å². The van der Waals surface area contributed by atoms with E-state index < -0.39 is 10.0 Å². The van der Waals surface area contributed by atoms with Crippen LogP contribution in [0.3, 0.4) is 0 Å². The average Bonchev–Trinajstić information content (AvgIpc) is 2.98. The lowest BCUT2D eigenvalue weighted by Gasteiger charge is -2.11. The Labute approximate surface area is 162 Å². The van der Waals surface area contributed by atoms with E-state index in [0.717, 1.165) is 26.7 Å². The molecule has 3 rings (SSSR count). The van der Waals surface area contributed by atoms with Gasteiger partial charge in [0.1, 0.15) is 5.01 Å². The molecular formula is C18H18ClN3O2S2. The van der Waals surface area contributed by atoms with Crippen molar-refractivity contribution in [3.05, 3.63) is 63.4 Å². The molecule has 8 heteroatoms. The molecule has 3 aromatic rings. The van der Waals surface area contributed by atoms with Crippen LogP contribution in [0, 0.1) is 20.8 Å². The SMILES string of the molecule is Cc1cc(S(=O)(=O)NCc2sc(-c3cccnc3)nc2C)c(C)cc1Cl. The van der Waals surface area contributed by atoms with Gasteiger partial charge in [0.15, 0.2) is 0 Å². The average molecular weight is 408 g/mol. The van der Waals surface area contributed by atoms with Crippen LogP contribution in [0.2, 0.25) is 5.02 Å². The minimum absolute atomic E-state index is 0.188. The van der Waals surface area contributed by atoms with Crippen molar-refractivity contribution < 1.29 is 8.42 Å². The van der Waals surface area contributed by atoms with Crippen molar-refractivity contribution in [2.24, 2.45) is 0 Å². The summed E-state index contributed by atoms with van der Waals surface area (Å²) < 4.78 is 28.1. The predicted octanol–water partition coefficient (Wildman–Crippen LogP) is 4.26. The maximum Gasteiger partial charge on any atom is 0.241 e. The van der Waals surface area contributed by atoms with Crippen molar-refractivity contribution in [3.63, 3.8) is 0 Å². The molecule has 0 spiro atoms. The van der Waals surface area contributed by atoms with Crippen LogP contribution in [0.5, 0.6) is 0 Å². The van der Waals surface area contributed by atoms with Crippen molar-refractivity contribution in [2.45, 2.75) is 32.2 Å². The monoisotopic (exact) mass is 407 g/mol. The van der Waals surface area contributed by atoms with Crippen LogP contribution in [0.1, 0.15) is 21.7 Å². The van der Waals surface area contributed by atoms with Gasteiger partial charge in [-0.1, -0.05) is 11.6 Å². The van der Waals surface area contributed by atoms with Gasteiger partial charge in [-0.25, -0.2) is 18.1 Å². The summed E-state index contributed by atoms with van der Waals surface area (Å²) in [7, 11) is -3.64. The van der Waals surface area contributed by atoms with E-state index >= 15 is 0 Å². The lowest BCUT2D eigenvalue weighted by Crippen LogP contribution is -2.24. The van der Waals surface area contributed by atoms with Crippen LogP contribution < -0.4 is 4.72 Å². The maximum absolute atomic E-state index is 12.7. The second-order valence-corrected chi connectivity index (χ2v) is 9.19. The molecule has 0 bridgehead atoms. The van der Waals surface area contributed by atoms with Crippen molar-refractivity contribution in [3.8, 4) is 10.6 Å². The highest BCUT2D eigenvalue weighted by atomic mass is 35.5. The van der Waals surface area contributed by atoms with Gasteiger partial charge in [-0.2, -0.15) is 0 Å². The highest BCUT2D eigenvalue weighted by Crippen LogP contribution is 2.28. The first kappa shape index (κ1) is 19.0. The number of aryl methyl sites for hydroxylation is 3. The van der Waals surface area contributed by atoms with Crippen LogP contribution in [-0.2, 0) is 16.6 Å². The van der Waals surface area contributed by atoms with Gasteiger partial charge in [-0.05, 0) is 56.2 Å². The molecule has 26 heavy (non-hydrogen) atoms. The lowest BCUT2D eigenvalue weighted by molar-refractivity contribution is 0.581. The van der Waals surface area contributed by atoms with Gasteiger partial charge < -0.3 is 0 Å². The van der Waals surface area contributed by atoms with Crippen LogP contribution in [0.25, 0.3) is 10.6 Å². The van der Waals surface area contributed by atoms with E-state index in [1.54, 1.807) is 38.4 Å². The van der Waals surface area contributed by atoms with E-state index in [-0.39, 0.29) is 11.4 Å². The largest absolute Gasteiger partial charge is 0.264 e. The standard InChI is InChI=1S/C18H18ClN3O2S2/c1-11-8-17(12(2)7-15(11)19)26(23,24)21-10-16-13(3)22-18(25-16)14-5-4-6-20-9-14/h4-9,21H,10H2,1-3H3. The zero-order valence-electron chi connectivity index (χ0n) is 14.6. The van der Waals surface area contributed by atoms with Crippen LogP contribution in [0.4, 0.5) is 0 Å². The van der Waals surface area contributed by atoms with Crippen LogP contribution in [-0.4, -0.2) is 18.4 Å². The van der Waals surface area contributed by atoms with Crippen molar-refractivity contribution in [2.75, 3.05) is 0 Å². The Morgan fingerprint density at radius 2 is 1.96 bits per heavy atom. The molecule has 0 unspecified atom stereocenters. The predicted molar refractivity (Wildman–Crippen MR) is 105 cm³/mol. The van der Waals surface area contributed by atoms with Crippen molar-refractivity contribution in [1.29, 1.82) is 0 Å². The Morgan fingerprint density at radius 1 is 1.19 bits per heavy atom. The number of nitrogens with zero attached hydrogens (tertiary/aromatic N) is 2. The molecule has 0 fully saturated rings. The molecule has 2 heterocycles. The first-order valence-electron chi connectivity index (χ1n) is 7.91. The summed E-state index contributed by atoms with van der Waals surface area (Å²) in [4.78, 5) is 9.73. The number of hydrogen-bond donors (Lipinski definition) is 1. The summed E-state index contributed by atoms with van der Waals surface area (Å²) in [5, 5.41) is 1.38. The molecule has 0 radical (unpaired) electrons. The van der Waals surface area contributed by atoms with E-state index in [1.807, 2.05) is 19.1 Å². The van der Waals surface area contributed by atoms with E-state index in [4.69, 9.17) is 11.6 Å². The van der Waals surface area contributed by atoms with Gasteiger partial charge in [0.2, 0.25) is 10.0 Å². The van der Waals surface area contributed by atoms with Crippen molar-refractivity contribution >= 4 is 33.0 Å². The molecule has 1 aromatic carbocycles. The number of pyridine rings is 1. The van der Waals surface area contributed by atoms with Gasteiger partial charge in [0, 0.05) is 34.4 Å². The highest BCUT2D eigenvalue weighted by molar-refractivity contribution is 7.89. The number of halogens is 1. The second kappa shape index (κ2) is 7.44. The molecule has 0 amide bonds. The summed E-state index contributed by atoms with van der Waals surface area (Å²) in [6.45, 7) is 5.58. The Morgan fingerprint density at radius 3 is 2.65 bits per heavy atom. The molecule has 5 nitrogen and oxygen atoms in total. The van der Waals surface area contributed by atoms with E-state index in [9.17, 15) is 8.42 Å². The molecule has 2 aromatic heterocycles. The number of nitrogens with one attached hydrogen (secondary N) is 1. The Bertz CT molecular complexity index is 1050. The Hall–Kier alpha value is -1.80. The topological polar surface area (TPSA) is 72.0 Å². The number of thiazole rings is 1. The first-order chi connectivity index (χ1) is 12.3. The molecule has 1 N–H and O–H groups in total. The van der Waals surface area contributed by atoms with Gasteiger partial charge in [-0.3, -0.25) is 4.98 Å². The van der Waals surface area contributed by atoms with Gasteiger partial charge in [-0.15, -0.1) is 11.3 Å². The van der Waals surface area contributed by atoms with Gasteiger partial charge >= 0.3 is 0 Å². The zero-order valence-corrected chi connectivity index (χ0v) is 17.0. The minimum Gasteiger partial charge on any atom is -0.264 e. The smallest absolute Gasteiger partial charge is 0.241 e. The summed E-state index contributed by atoms with van der Waals surface area (Å²) in [6, 6.07) is 7.05. The summed E-state index contributed by atoms with van der Waals surface area (Å²) in [5.41, 5.74) is 3.06. The molecule has 0 aliphatic carbocycles. The molecule has 0 aliphatic heterocycles. The second-order valence-electron chi connectivity index (χ2n) is 5.96. The fourth-order valence-electron chi connectivity index (χ4n) is 2.49. The number of aromatic nitrogens is 2. The Balaban J connectivity index is 1.83. The highest BCUT2D eigenvalue weighted by Gasteiger charge is 2.19. The number of benzene rings is 1.